The van der Waals surface area contributed by atoms with Crippen LogP contribution in [0.5, 0.6) is 5.75 Å². The molecule has 4 heteroatoms. The van der Waals surface area contributed by atoms with Crippen molar-refractivity contribution in [3.05, 3.63) is 71.6 Å². The van der Waals surface area contributed by atoms with Gasteiger partial charge in [0.1, 0.15) is 5.75 Å². The average Bonchev–Trinajstić information content (AvgIpc) is 3.10. The first-order chi connectivity index (χ1) is 11.3. The highest BCUT2D eigenvalue weighted by Gasteiger charge is 2.10. The summed E-state index contributed by atoms with van der Waals surface area (Å²) < 4.78 is 5.19. The van der Waals surface area contributed by atoms with Crippen LogP contribution in [-0.2, 0) is 11.2 Å². The Morgan fingerprint density at radius 2 is 1.96 bits per heavy atom. The van der Waals surface area contributed by atoms with E-state index in [1.165, 1.54) is 0 Å². The monoisotopic (exact) mass is 323 g/mol. The summed E-state index contributed by atoms with van der Waals surface area (Å²) >= 11 is 1.66. The van der Waals surface area contributed by atoms with E-state index in [0.717, 1.165) is 27.4 Å². The molecule has 0 saturated carbocycles. The Bertz CT molecular complexity index is 797. The number of thiophene rings is 1. The Morgan fingerprint density at radius 1 is 1.09 bits per heavy atom. The quantitative estimate of drug-likeness (QED) is 0.745. The van der Waals surface area contributed by atoms with Crippen molar-refractivity contribution in [3.63, 3.8) is 0 Å². The zero-order valence-corrected chi connectivity index (χ0v) is 13.6. The van der Waals surface area contributed by atoms with Crippen LogP contribution in [0.15, 0.2) is 66.0 Å². The molecule has 0 fully saturated rings. The summed E-state index contributed by atoms with van der Waals surface area (Å²) in [5, 5.41) is 5.04. The molecule has 1 aromatic heterocycles. The third kappa shape index (κ3) is 3.79. The van der Waals surface area contributed by atoms with E-state index in [0.29, 0.717) is 6.42 Å². The zero-order valence-electron chi connectivity index (χ0n) is 12.8. The summed E-state index contributed by atoms with van der Waals surface area (Å²) in [6.07, 6.45) is 0.315. The Balaban J connectivity index is 1.76. The van der Waals surface area contributed by atoms with Crippen molar-refractivity contribution in [1.82, 2.24) is 0 Å². The van der Waals surface area contributed by atoms with Gasteiger partial charge in [0.15, 0.2) is 0 Å². The lowest BCUT2D eigenvalue weighted by Gasteiger charge is -2.10. The topological polar surface area (TPSA) is 38.3 Å². The van der Waals surface area contributed by atoms with Gasteiger partial charge < -0.3 is 10.1 Å². The number of ether oxygens (including phenoxy) is 1. The summed E-state index contributed by atoms with van der Waals surface area (Å²) in [7, 11) is 1.62. The molecule has 3 aromatic rings. The molecule has 1 heterocycles. The Kier molecular flexibility index (Phi) is 4.74. The van der Waals surface area contributed by atoms with E-state index in [9.17, 15) is 4.79 Å². The molecule has 2 aromatic carbocycles. The number of nitrogens with one attached hydrogen (secondary N) is 1. The summed E-state index contributed by atoms with van der Waals surface area (Å²) in [6.45, 7) is 0. The van der Waals surface area contributed by atoms with Crippen molar-refractivity contribution in [1.29, 1.82) is 0 Å². The third-order valence-corrected chi connectivity index (χ3v) is 4.39. The summed E-state index contributed by atoms with van der Waals surface area (Å²) in [4.78, 5) is 13.5. The van der Waals surface area contributed by atoms with Gasteiger partial charge in [0, 0.05) is 16.1 Å². The minimum absolute atomic E-state index is 0.0396. The van der Waals surface area contributed by atoms with Gasteiger partial charge in [-0.05, 0) is 35.2 Å². The first-order valence-corrected chi connectivity index (χ1v) is 8.20. The number of hydrogen-bond acceptors (Lipinski definition) is 3. The molecule has 0 radical (unpaired) electrons. The molecule has 0 aliphatic rings. The summed E-state index contributed by atoms with van der Waals surface area (Å²) in [5.74, 6) is 0.719. The molecule has 3 rings (SSSR count). The molecule has 0 aliphatic heterocycles. The van der Waals surface area contributed by atoms with Gasteiger partial charge in [-0.2, -0.15) is 0 Å². The molecular formula is C19H17NO2S. The largest absolute Gasteiger partial charge is 0.497 e. The van der Waals surface area contributed by atoms with Crippen molar-refractivity contribution in [3.8, 4) is 16.2 Å². The first kappa shape index (κ1) is 15.3. The number of rotatable bonds is 5. The van der Waals surface area contributed by atoms with Crippen molar-refractivity contribution in [2.45, 2.75) is 6.42 Å². The van der Waals surface area contributed by atoms with E-state index in [-0.39, 0.29) is 5.91 Å². The standard InChI is InChI=1S/C19H17NO2S/c1-22-15-7-4-6-14(12-15)13-19(21)20-17-9-3-2-8-16(17)18-10-5-11-23-18/h2-12H,13H2,1H3,(H,20,21). The molecule has 23 heavy (non-hydrogen) atoms. The van der Waals surface area contributed by atoms with E-state index in [1.54, 1.807) is 18.4 Å². The van der Waals surface area contributed by atoms with Gasteiger partial charge in [0.25, 0.3) is 0 Å². The van der Waals surface area contributed by atoms with E-state index >= 15 is 0 Å². The molecule has 1 amide bonds. The second-order valence-corrected chi connectivity index (χ2v) is 6.05. The van der Waals surface area contributed by atoms with Crippen LogP contribution in [0.4, 0.5) is 5.69 Å². The predicted molar refractivity (Wildman–Crippen MR) is 95.1 cm³/mol. The van der Waals surface area contributed by atoms with Gasteiger partial charge in [0.05, 0.1) is 13.5 Å². The summed E-state index contributed by atoms with van der Waals surface area (Å²) in [5.41, 5.74) is 2.81. The Labute approximate surface area is 139 Å². The lowest BCUT2D eigenvalue weighted by Crippen LogP contribution is -2.14. The van der Waals surface area contributed by atoms with Gasteiger partial charge in [-0.15, -0.1) is 11.3 Å². The molecule has 0 bridgehead atoms. The lowest BCUT2D eigenvalue weighted by molar-refractivity contribution is -0.115. The highest BCUT2D eigenvalue weighted by Crippen LogP contribution is 2.31. The van der Waals surface area contributed by atoms with Crippen LogP contribution in [0.2, 0.25) is 0 Å². The second kappa shape index (κ2) is 7.11. The highest BCUT2D eigenvalue weighted by atomic mass is 32.1. The molecule has 1 N–H and O–H groups in total. The van der Waals surface area contributed by atoms with Crippen molar-refractivity contribution >= 4 is 22.9 Å². The molecule has 0 spiro atoms. The number of methoxy groups -OCH3 is 1. The van der Waals surface area contributed by atoms with Crippen molar-refractivity contribution in [2.75, 3.05) is 12.4 Å². The zero-order chi connectivity index (χ0) is 16.1. The predicted octanol–water partition coefficient (Wildman–Crippen LogP) is 4.60. The maximum atomic E-state index is 12.4. The fourth-order valence-corrected chi connectivity index (χ4v) is 3.17. The first-order valence-electron chi connectivity index (χ1n) is 7.32. The SMILES string of the molecule is COc1cccc(CC(=O)Nc2ccccc2-c2cccs2)c1. The van der Waals surface area contributed by atoms with Gasteiger partial charge in [-0.1, -0.05) is 36.4 Å². The van der Waals surface area contributed by atoms with E-state index in [4.69, 9.17) is 4.74 Å². The number of anilines is 1. The fourth-order valence-electron chi connectivity index (χ4n) is 2.40. The molecule has 0 atom stereocenters. The van der Waals surface area contributed by atoms with Crippen LogP contribution < -0.4 is 10.1 Å². The van der Waals surface area contributed by atoms with Gasteiger partial charge in [0.2, 0.25) is 5.91 Å². The number of carbonyl (C=O) groups excluding carboxylic acids is 1. The number of para-hydroxylation sites is 1. The molecule has 0 aliphatic carbocycles. The van der Waals surface area contributed by atoms with Crippen LogP contribution in [-0.4, -0.2) is 13.0 Å². The minimum Gasteiger partial charge on any atom is -0.497 e. The molecular weight excluding hydrogens is 306 g/mol. The fraction of sp³-hybridized carbons (Fsp3) is 0.105. The molecule has 0 saturated heterocycles. The average molecular weight is 323 g/mol. The minimum atomic E-state index is -0.0396. The van der Waals surface area contributed by atoms with Crippen molar-refractivity contribution in [2.24, 2.45) is 0 Å². The van der Waals surface area contributed by atoms with Crippen LogP contribution in [0.3, 0.4) is 0 Å². The third-order valence-electron chi connectivity index (χ3n) is 3.49. The Morgan fingerprint density at radius 3 is 2.74 bits per heavy atom. The van der Waals surface area contributed by atoms with E-state index in [1.807, 2.05) is 60.0 Å². The van der Waals surface area contributed by atoms with Crippen molar-refractivity contribution < 1.29 is 9.53 Å². The molecule has 116 valence electrons. The second-order valence-electron chi connectivity index (χ2n) is 5.10. The Hall–Kier alpha value is -2.59. The van der Waals surface area contributed by atoms with Crippen LogP contribution in [0, 0.1) is 0 Å². The number of hydrogen-bond donors (Lipinski definition) is 1. The number of amides is 1. The molecule has 3 nitrogen and oxygen atoms in total. The van der Waals surface area contributed by atoms with Gasteiger partial charge >= 0.3 is 0 Å². The maximum absolute atomic E-state index is 12.4. The van der Waals surface area contributed by atoms with Gasteiger partial charge in [-0.25, -0.2) is 0 Å². The highest BCUT2D eigenvalue weighted by molar-refractivity contribution is 7.13. The van der Waals surface area contributed by atoms with Crippen LogP contribution in [0.25, 0.3) is 10.4 Å². The smallest absolute Gasteiger partial charge is 0.228 e. The number of benzene rings is 2. The van der Waals surface area contributed by atoms with Crippen LogP contribution >= 0.6 is 11.3 Å². The normalized spacial score (nSPS) is 10.3. The maximum Gasteiger partial charge on any atom is 0.228 e. The van der Waals surface area contributed by atoms with E-state index < -0.39 is 0 Å². The lowest BCUT2D eigenvalue weighted by atomic mass is 10.1. The van der Waals surface area contributed by atoms with E-state index in [2.05, 4.69) is 11.4 Å². The van der Waals surface area contributed by atoms with Gasteiger partial charge in [-0.3, -0.25) is 4.79 Å². The van der Waals surface area contributed by atoms with Crippen LogP contribution in [0.1, 0.15) is 5.56 Å². The number of carbonyl (C=O) groups is 1. The summed E-state index contributed by atoms with van der Waals surface area (Å²) in [6, 6.07) is 19.5. The molecule has 0 unspecified atom stereocenters.